The number of carbonyl (C=O) groups is 2. The summed E-state index contributed by atoms with van der Waals surface area (Å²) in [6.07, 6.45) is 1.50. The lowest BCUT2D eigenvalue weighted by molar-refractivity contribution is -0.119. The van der Waals surface area contributed by atoms with Gasteiger partial charge in [0.25, 0.3) is 0 Å². The number of nitrogens with two attached hydrogens (primary N) is 1. The molecule has 0 aromatic carbocycles. The molecule has 3 amide bonds. The number of hydrogen-bond acceptors (Lipinski definition) is 3. The van der Waals surface area contributed by atoms with E-state index in [-0.39, 0.29) is 11.9 Å². The lowest BCUT2D eigenvalue weighted by atomic mass is 10.2. The molecule has 1 heterocycles. The highest BCUT2D eigenvalue weighted by atomic mass is 16.2. The minimum absolute atomic E-state index is 0.118. The van der Waals surface area contributed by atoms with Crippen LogP contribution in [0.1, 0.15) is 12.8 Å². The fourth-order valence-electron chi connectivity index (χ4n) is 1.38. The molecule has 0 aromatic rings. The summed E-state index contributed by atoms with van der Waals surface area (Å²) < 4.78 is 0. The van der Waals surface area contributed by atoms with E-state index in [4.69, 9.17) is 5.73 Å². The second-order valence-electron chi connectivity index (χ2n) is 3.30. The average molecular weight is 200 g/mol. The van der Waals surface area contributed by atoms with Gasteiger partial charge < -0.3 is 21.7 Å². The SMILES string of the molecule is NC(=O)NCCNCC1CCC(=O)N1. The number of amides is 3. The highest BCUT2D eigenvalue weighted by molar-refractivity contribution is 5.78. The Bertz CT molecular complexity index is 219. The fraction of sp³-hybridized carbons (Fsp3) is 0.750. The molecule has 1 unspecified atom stereocenters. The summed E-state index contributed by atoms with van der Waals surface area (Å²) in [4.78, 5) is 21.1. The lowest BCUT2D eigenvalue weighted by Gasteiger charge is -2.10. The van der Waals surface area contributed by atoms with Crippen molar-refractivity contribution in [1.82, 2.24) is 16.0 Å². The van der Waals surface area contributed by atoms with E-state index in [0.29, 0.717) is 19.5 Å². The van der Waals surface area contributed by atoms with Crippen LogP contribution in [0.5, 0.6) is 0 Å². The third-order valence-electron chi connectivity index (χ3n) is 2.08. The van der Waals surface area contributed by atoms with Crippen molar-refractivity contribution in [3.05, 3.63) is 0 Å². The topological polar surface area (TPSA) is 96.2 Å². The van der Waals surface area contributed by atoms with Gasteiger partial charge in [0.2, 0.25) is 5.91 Å². The van der Waals surface area contributed by atoms with Gasteiger partial charge in [0.1, 0.15) is 0 Å². The molecular weight excluding hydrogens is 184 g/mol. The zero-order valence-corrected chi connectivity index (χ0v) is 8.01. The third-order valence-corrected chi connectivity index (χ3v) is 2.08. The second kappa shape index (κ2) is 5.43. The Hall–Kier alpha value is -1.30. The Morgan fingerprint density at radius 3 is 2.93 bits per heavy atom. The molecule has 0 spiro atoms. The molecule has 14 heavy (non-hydrogen) atoms. The summed E-state index contributed by atoms with van der Waals surface area (Å²) >= 11 is 0. The van der Waals surface area contributed by atoms with E-state index in [9.17, 15) is 9.59 Å². The Morgan fingerprint density at radius 1 is 1.57 bits per heavy atom. The van der Waals surface area contributed by atoms with E-state index in [1.165, 1.54) is 0 Å². The van der Waals surface area contributed by atoms with Crippen LogP contribution in [-0.4, -0.2) is 37.6 Å². The van der Waals surface area contributed by atoms with Gasteiger partial charge in [-0.25, -0.2) is 4.79 Å². The highest BCUT2D eigenvalue weighted by Gasteiger charge is 2.19. The maximum absolute atomic E-state index is 10.8. The van der Waals surface area contributed by atoms with Crippen molar-refractivity contribution >= 4 is 11.9 Å². The summed E-state index contributed by atoms with van der Waals surface area (Å²) in [5, 5.41) is 8.43. The molecule has 80 valence electrons. The number of carbonyl (C=O) groups excluding carboxylic acids is 2. The van der Waals surface area contributed by atoms with Gasteiger partial charge >= 0.3 is 6.03 Å². The smallest absolute Gasteiger partial charge is 0.312 e. The van der Waals surface area contributed by atoms with E-state index < -0.39 is 6.03 Å². The molecule has 0 aliphatic carbocycles. The first-order valence-electron chi connectivity index (χ1n) is 4.72. The summed E-state index contributed by atoms with van der Waals surface area (Å²) in [7, 11) is 0. The molecule has 0 saturated carbocycles. The molecule has 1 saturated heterocycles. The molecule has 0 aromatic heterocycles. The molecule has 0 bridgehead atoms. The molecule has 1 atom stereocenters. The van der Waals surface area contributed by atoms with Gasteiger partial charge in [-0.05, 0) is 6.42 Å². The van der Waals surface area contributed by atoms with Gasteiger partial charge in [-0.3, -0.25) is 4.79 Å². The van der Waals surface area contributed by atoms with Crippen LogP contribution in [0, 0.1) is 0 Å². The average Bonchev–Trinajstić information content (AvgIpc) is 2.50. The molecule has 1 aliphatic heterocycles. The van der Waals surface area contributed by atoms with Crippen molar-refractivity contribution in [3.8, 4) is 0 Å². The van der Waals surface area contributed by atoms with Crippen LogP contribution in [-0.2, 0) is 4.79 Å². The normalized spacial score (nSPS) is 20.6. The van der Waals surface area contributed by atoms with E-state index in [0.717, 1.165) is 13.0 Å². The van der Waals surface area contributed by atoms with Crippen LogP contribution in [0.25, 0.3) is 0 Å². The standard InChI is InChI=1S/C8H16N4O2/c9-8(14)11-4-3-10-5-6-1-2-7(13)12-6/h6,10H,1-5H2,(H,12,13)(H3,9,11,14). The third kappa shape index (κ3) is 4.08. The maximum Gasteiger partial charge on any atom is 0.312 e. The molecule has 6 nitrogen and oxygen atoms in total. The van der Waals surface area contributed by atoms with E-state index in [1.807, 2.05) is 0 Å². The van der Waals surface area contributed by atoms with Crippen LogP contribution < -0.4 is 21.7 Å². The zero-order chi connectivity index (χ0) is 10.4. The Labute approximate surface area is 82.6 Å². The predicted octanol–water partition coefficient (Wildman–Crippen LogP) is -1.48. The number of nitrogens with one attached hydrogen (secondary N) is 3. The van der Waals surface area contributed by atoms with E-state index in [2.05, 4.69) is 16.0 Å². The summed E-state index contributed by atoms with van der Waals surface area (Å²) in [5.41, 5.74) is 4.88. The van der Waals surface area contributed by atoms with E-state index in [1.54, 1.807) is 0 Å². The first kappa shape index (κ1) is 10.8. The number of rotatable bonds is 5. The maximum atomic E-state index is 10.8. The van der Waals surface area contributed by atoms with Gasteiger partial charge in [-0.2, -0.15) is 0 Å². The quantitative estimate of drug-likeness (QED) is 0.408. The molecule has 0 radical (unpaired) electrons. The first-order valence-corrected chi connectivity index (χ1v) is 4.72. The lowest BCUT2D eigenvalue weighted by Crippen LogP contribution is -2.40. The Kier molecular flexibility index (Phi) is 4.18. The molecule has 1 rings (SSSR count). The minimum Gasteiger partial charge on any atom is -0.352 e. The summed E-state index contributed by atoms with van der Waals surface area (Å²) in [6.45, 7) is 1.91. The Morgan fingerprint density at radius 2 is 2.36 bits per heavy atom. The van der Waals surface area contributed by atoms with E-state index >= 15 is 0 Å². The van der Waals surface area contributed by atoms with Crippen LogP contribution in [0.15, 0.2) is 0 Å². The Balaban J connectivity index is 1.94. The first-order chi connectivity index (χ1) is 6.68. The van der Waals surface area contributed by atoms with Crippen LogP contribution in [0.2, 0.25) is 0 Å². The summed E-state index contributed by atoms with van der Waals surface area (Å²) in [6, 6.07) is -0.281. The van der Waals surface area contributed by atoms with Crippen molar-refractivity contribution in [3.63, 3.8) is 0 Å². The van der Waals surface area contributed by atoms with Gasteiger partial charge in [-0.1, -0.05) is 0 Å². The number of primary amides is 1. The van der Waals surface area contributed by atoms with Crippen molar-refractivity contribution in [2.75, 3.05) is 19.6 Å². The predicted molar refractivity (Wildman–Crippen MR) is 51.6 cm³/mol. The van der Waals surface area contributed by atoms with Gasteiger partial charge in [0, 0.05) is 32.1 Å². The van der Waals surface area contributed by atoms with Gasteiger partial charge in [0.05, 0.1) is 0 Å². The second-order valence-corrected chi connectivity index (χ2v) is 3.30. The van der Waals surface area contributed by atoms with Crippen molar-refractivity contribution in [2.45, 2.75) is 18.9 Å². The van der Waals surface area contributed by atoms with Gasteiger partial charge in [0.15, 0.2) is 0 Å². The number of urea groups is 1. The monoisotopic (exact) mass is 200 g/mol. The van der Waals surface area contributed by atoms with Crippen molar-refractivity contribution in [2.24, 2.45) is 5.73 Å². The van der Waals surface area contributed by atoms with Crippen LogP contribution >= 0.6 is 0 Å². The minimum atomic E-state index is -0.513. The molecular formula is C8H16N4O2. The number of hydrogen-bond donors (Lipinski definition) is 4. The zero-order valence-electron chi connectivity index (χ0n) is 8.01. The summed E-state index contributed by atoms with van der Waals surface area (Å²) in [5.74, 6) is 0.118. The van der Waals surface area contributed by atoms with Crippen molar-refractivity contribution in [1.29, 1.82) is 0 Å². The fourth-order valence-corrected chi connectivity index (χ4v) is 1.38. The van der Waals surface area contributed by atoms with Gasteiger partial charge in [-0.15, -0.1) is 0 Å². The van der Waals surface area contributed by atoms with Crippen LogP contribution in [0.4, 0.5) is 4.79 Å². The highest BCUT2D eigenvalue weighted by Crippen LogP contribution is 2.04. The van der Waals surface area contributed by atoms with Crippen LogP contribution in [0.3, 0.4) is 0 Å². The molecule has 6 heteroatoms. The molecule has 1 aliphatic rings. The largest absolute Gasteiger partial charge is 0.352 e. The molecule has 1 fully saturated rings. The van der Waals surface area contributed by atoms with Crippen molar-refractivity contribution < 1.29 is 9.59 Å². The molecule has 5 N–H and O–H groups in total.